The Morgan fingerprint density at radius 2 is 1.12 bits per heavy atom. The molecular weight excluding hydrogens is 227 g/mol. The van der Waals surface area contributed by atoms with Crippen LogP contribution in [-0.2, 0) is 4.12 Å². The molecule has 0 rings (SSSR count). The second-order valence-electron chi connectivity index (χ2n) is 4.44. The first kappa shape index (κ1) is 18.8. The van der Waals surface area contributed by atoms with Gasteiger partial charge < -0.3 is 4.12 Å². The Hall–Kier alpha value is 0.459. The van der Waals surface area contributed by atoms with Gasteiger partial charge in [-0.15, -0.1) is 0 Å². The van der Waals surface area contributed by atoms with Crippen molar-refractivity contribution >= 4 is 27.9 Å². The zero-order valence-corrected chi connectivity index (χ0v) is 13.7. The van der Waals surface area contributed by atoms with Crippen molar-refractivity contribution in [2.45, 2.75) is 77.3 Å². The monoisotopic (exact) mass is 260 g/mol. The highest BCUT2D eigenvalue weighted by atomic mass is 28.3. The predicted octanol–water partition coefficient (Wildman–Crippen LogP) is 1.98. The molecule has 0 aliphatic rings. The molecule has 0 saturated carbocycles. The molecule has 1 nitrogen and oxygen atoms in total. The predicted molar refractivity (Wildman–Crippen MR) is 86.0 cm³/mol. The highest BCUT2D eigenvalue weighted by Gasteiger charge is 1.93. The van der Waals surface area contributed by atoms with E-state index < -0.39 is 0 Å². The van der Waals surface area contributed by atoms with Crippen LogP contribution in [0, 0.1) is 0 Å². The molecule has 0 spiro atoms. The van der Waals surface area contributed by atoms with Gasteiger partial charge in [-0.3, -0.25) is 0 Å². The van der Waals surface area contributed by atoms with Crippen molar-refractivity contribution in [1.82, 2.24) is 0 Å². The van der Waals surface area contributed by atoms with Crippen molar-refractivity contribution in [3.8, 4) is 0 Å². The number of hydrogen-bond acceptors (Lipinski definition) is 1. The van der Waals surface area contributed by atoms with Crippen molar-refractivity contribution < 1.29 is 4.12 Å². The minimum Gasteiger partial charge on any atom is -0.465 e. The molecule has 0 N–H and O–H groups in total. The van der Waals surface area contributed by atoms with Crippen LogP contribution < -0.4 is 0 Å². The molecule has 0 atom stereocenters. The smallest absolute Gasteiger partial charge is 0.146 e. The Balaban J connectivity index is 0. The molecule has 0 radical (unpaired) electrons. The molecule has 0 aliphatic heterocycles. The second-order valence-corrected chi connectivity index (χ2v) is 8.30. The molecule has 0 aromatic rings. The summed E-state index contributed by atoms with van der Waals surface area (Å²) in [6.07, 6.45) is 11.3. The quantitative estimate of drug-likeness (QED) is 0.385. The standard InChI is InChI=1S/C12H30OSi2.BH3/c1-3-5-7-9-11-14-13-15-12-10-8-6-4-2;/h3-12,14-15H2,1-2H3;1H3. The summed E-state index contributed by atoms with van der Waals surface area (Å²) in [5.41, 5.74) is 0. The lowest BCUT2D eigenvalue weighted by Gasteiger charge is -2.03. The van der Waals surface area contributed by atoms with Crippen LogP contribution in [0.15, 0.2) is 0 Å². The second kappa shape index (κ2) is 17.8. The van der Waals surface area contributed by atoms with Crippen LogP contribution in [0.3, 0.4) is 0 Å². The molecule has 98 valence electrons. The number of rotatable bonds is 12. The summed E-state index contributed by atoms with van der Waals surface area (Å²) < 4.78 is 5.87. The molecular formula is C12H33BOSi2. The van der Waals surface area contributed by atoms with Crippen LogP contribution in [-0.4, -0.2) is 27.9 Å². The highest BCUT2D eigenvalue weighted by Crippen LogP contribution is 2.04. The van der Waals surface area contributed by atoms with E-state index in [1.165, 1.54) is 63.5 Å². The van der Waals surface area contributed by atoms with Gasteiger partial charge in [0.15, 0.2) is 0 Å². The van der Waals surface area contributed by atoms with Crippen LogP contribution in [0.25, 0.3) is 0 Å². The summed E-state index contributed by atoms with van der Waals surface area (Å²) in [6, 6.07) is 2.86. The zero-order valence-electron chi connectivity index (χ0n) is 10.9. The van der Waals surface area contributed by atoms with Gasteiger partial charge >= 0.3 is 0 Å². The average Bonchev–Trinajstić information content (AvgIpc) is 2.26. The fourth-order valence-corrected chi connectivity index (χ4v) is 5.28. The Morgan fingerprint density at radius 3 is 1.50 bits per heavy atom. The van der Waals surface area contributed by atoms with Gasteiger partial charge in [0.1, 0.15) is 19.5 Å². The maximum atomic E-state index is 5.87. The Morgan fingerprint density at radius 1 is 0.688 bits per heavy atom. The molecule has 0 aromatic carbocycles. The summed E-state index contributed by atoms with van der Waals surface area (Å²) >= 11 is 0. The lowest BCUT2D eigenvalue weighted by atomic mass is 10.2. The topological polar surface area (TPSA) is 9.23 Å². The third-order valence-corrected chi connectivity index (χ3v) is 6.67. The number of hydrogen-bond donors (Lipinski definition) is 0. The molecule has 0 bridgehead atoms. The van der Waals surface area contributed by atoms with E-state index in [0.29, 0.717) is 0 Å². The van der Waals surface area contributed by atoms with Crippen molar-refractivity contribution in [1.29, 1.82) is 0 Å². The summed E-state index contributed by atoms with van der Waals surface area (Å²) in [5, 5.41) is 0. The van der Waals surface area contributed by atoms with Crippen LogP contribution >= 0.6 is 0 Å². The Kier molecular flexibility index (Phi) is 21.0. The van der Waals surface area contributed by atoms with E-state index in [1.807, 2.05) is 0 Å². The molecule has 0 amide bonds. The van der Waals surface area contributed by atoms with E-state index in [-0.39, 0.29) is 27.9 Å². The van der Waals surface area contributed by atoms with Crippen LogP contribution in [0.4, 0.5) is 0 Å². The van der Waals surface area contributed by atoms with Crippen molar-refractivity contribution in [2.75, 3.05) is 0 Å². The van der Waals surface area contributed by atoms with E-state index >= 15 is 0 Å². The van der Waals surface area contributed by atoms with Gasteiger partial charge in [0.2, 0.25) is 0 Å². The average molecular weight is 260 g/mol. The van der Waals surface area contributed by atoms with E-state index in [0.717, 1.165) is 0 Å². The molecule has 0 fully saturated rings. The van der Waals surface area contributed by atoms with Crippen LogP contribution in [0.5, 0.6) is 0 Å². The Bertz CT molecular complexity index is 103. The largest absolute Gasteiger partial charge is 0.465 e. The normalized spacial score (nSPS) is 11.6. The van der Waals surface area contributed by atoms with Gasteiger partial charge in [-0.05, 0) is 12.1 Å². The third-order valence-electron chi connectivity index (χ3n) is 2.78. The third kappa shape index (κ3) is 16.9. The van der Waals surface area contributed by atoms with Gasteiger partial charge in [-0.2, -0.15) is 0 Å². The molecule has 0 aromatic heterocycles. The number of unbranched alkanes of at least 4 members (excludes halogenated alkanes) is 6. The van der Waals surface area contributed by atoms with Gasteiger partial charge in [-0.25, -0.2) is 0 Å². The summed E-state index contributed by atoms with van der Waals surface area (Å²) in [5.74, 6) is 0. The lowest BCUT2D eigenvalue weighted by molar-refractivity contribution is 0.606. The first-order valence-corrected chi connectivity index (χ1v) is 10.1. The first-order chi connectivity index (χ1) is 7.41. The molecule has 0 saturated heterocycles. The van der Waals surface area contributed by atoms with Crippen molar-refractivity contribution in [2.24, 2.45) is 0 Å². The maximum Gasteiger partial charge on any atom is 0.146 e. The van der Waals surface area contributed by atoms with E-state index in [9.17, 15) is 0 Å². The fourth-order valence-electron chi connectivity index (χ4n) is 1.72. The van der Waals surface area contributed by atoms with E-state index in [1.54, 1.807) is 0 Å². The van der Waals surface area contributed by atoms with E-state index in [4.69, 9.17) is 4.12 Å². The van der Waals surface area contributed by atoms with Gasteiger partial charge in [-0.1, -0.05) is 65.2 Å². The van der Waals surface area contributed by atoms with Gasteiger partial charge in [0.05, 0.1) is 8.41 Å². The highest BCUT2D eigenvalue weighted by molar-refractivity contribution is 6.42. The van der Waals surface area contributed by atoms with Crippen molar-refractivity contribution in [3.05, 3.63) is 0 Å². The molecule has 0 heterocycles. The molecule has 0 aliphatic carbocycles. The molecule has 0 unspecified atom stereocenters. The summed E-state index contributed by atoms with van der Waals surface area (Å²) in [4.78, 5) is 0. The van der Waals surface area contributed by atoms with Gasteiger partial charge in [0, 0.05) is 0 Å². The van der Waals surface area contributed by atoms with Crippen LogP contribution in [0.2, 0.25) is 12.1 Å². The van der Waals surface area contributed by atoms with Gasteiger partial charge in [0.25, 0.3) is 0 Å². The zero-order chi connectivity index (χ0) is 11.2. The molecule has 16 heavy (non-hydrogen) atoms. The van der Waals surface area contributed by atoms with Crippen LogP contribution in [0.1, 0.15) is 65.2 Å². The maximum absolute atomic E-state index is 5.87. The minimum atomic E-state index is -0.0944. The Labute approximate surface area is 110 Å². The van der Waals surface area contributed by atoms with E-state index in [2.05, 4.69) is 13.8 Å². The minimum absolute atomic E-state index is 0. The fraction of sp³-hybridized carbons (Fsp3) is 1.00. The van der Waals surface area contributed by atoms with Crippen molar-refractivity contribution in [3.63, 3.8) is 0 Å². The lowest BCUT2D eigenvalue weighted by Crippen LogP contribution is -2.03. The molecule has 4 heteroatoms. The SMILES string of the molecule is B.CCCCCC[SiH2]O[SiH2]CCCCCC. The summed E-state index contributed by atoms with van der Waals surface area (Å²) in [7, 11) is -0.189. The summed E-state index contributed by atoms with van der Waals surface area (Å²) in [6.45, 7) is 4.55. The first-order valence-electron chi connectivity index (χ1n) is 6.99.